The lowest BCUT2D eigenvalue weighted by atomic mass is 9.76. The van der Waals surface area contributed by atoms with E-state index in [-0.39, 0.29) is 16.6 Å². The molecule has 292 valence electrons. The molecule has 10 aromatic rings. The number of aromatic nitrogens is 3. The lowest BCUT2D eigenvalue weighted by Gasteiger charge is -2.27. The summed E-state index contributed by atoms with van der Waals surface area (Å²) in [5.74, 6) is 0.831. The molecular weight excluding hydrogens is 735 g/mol. The van der Waals surface area contributed by atoms with Crippen molar-refractivity contribution in [3.8, 4) is 56.3 Å². The van der Waals surface area contributed by atoms with Gasteiger partial charge in [-0.05, 0) is 87.8 Å². The Labute approximate surface area is 350 Å². The van der Waals surface area contributed by atoms with Crippen LogP contribution < -0.4 is 0 Å². The van der Waals surface area contributed by atoms with Gasteiger partial charge in [-0.15, -0.1) is 0 Å². The van der Waals surface area contributed by atoms with E-state index < -0.39 is 0 Å². The molecular formula is C55H45N3O2. The lowest BCUT2D eigenvalue weighted by molar-refractivity contribution is 0.477. The van der Waals surface area contributed by atoms with Crippen LogP contribution in [0.15, 0.2) is 180 Å². The van der Waals surface area contributed by atoms with E-state index in [1.807, 2.05) is 48.7 Å². The van der Waals surface area contributed by atoms with Gasteiger partial charge in [-0.1, -0.05) is 150 Å². The number of hydrogen-bond acceptors (Lipinski definition) is 4. The highest BCUT2D eigenvalue weighted by Gasteiger charge is 2.28. The summed E-state index contributed by atoms with van der Waals surface area (Å²) < 4.78 is 8.58. The quantitative estimate of drug-likeness (QED) is 0.175. The smallest absolute Gasteiger partial charge is 0.149 e. The normalized spacial score (nSPS) is 12.2. The third kappa shape index (κ3) is 6.25. The largest absolute Gasteiger partial charge is 0.507 e. The molecule has 10 rings (SSSR count). The Morgan fingerprint density at radius 1 is 0.533 bits per heavy atom. The van der Waals surface area contributed by atoms with Gasteiger partial charge in [-0.3, -0.25) is 9.55 Å². The molecule has 0 amide bonds. The van der Waals surface area contributed by atoms with Crippen LogP contribution in [-0.2, 0) is 10.8 Å². The van der Waals surface area contributed by atoms with E-state index in [0.29, 0.717) is 11.4 Å². The molecule has 1 N–H and O–H groups in total. The predicted molar refractivity (Wildman–Crippen MR) is 247 cm³/mol. The minimum atomic E-state index is -0.355. The SMILES string of the molecule is CC(C)(C)c1ccc(-n2c(-c3ccccc3O)nc3c(-c4cc(-c5nccc6oc7ccccc7c56)cc(C(C)(C)c5ccccc5)c4)cccc32)c(-c2ccccc2)c1. The average molecular weight is 780 g/mol. The summed E-state index contributed by atoms with van der Waals surface area (Å²) >= 11 is 0. The molecule has 3 heterocycles. The second-order valence-corrected chi connectivity index (χ2v) is 17.2. The molecule has 0 bridgehead atoms. The number of imidazole rings is 1. The number of furan rings is 1. The van der Waals surface area contributed by atoms with Crippen molar-refractivity contribution in [2.45, 2.75) is 45.4 Å². The number of phenolic OH excluding ortho intramolecular Hbond substituents is 1. The molecule has 5 heteroatoms. The molecule has 3 aromatic heterocycles. The molecule has 0 aliphatic heterocycles. The first kappa shape index (κ1) is 37.1. The molecule has 7 aromatic carbocycles. The van der Waals surface area contributed by atoms with Crippen LogP contribution in [0.4, 0.5) is 0 Å². The highest BCUT2D eigenvalue weighted by molar-refractivity contribution is 6.11. The zero-order chi connectivity index (χ0) is 41.2. The van der Waals surface area contributed by atoms with Crippen LogP contribution in [-0.4, -0.2) is 19.6 Å². The number of rotatable bonds is 7. The third-order valence-corrected chi connectivity index (χ3v) is 12.0. The summed E-state index contributed by atoms with van der Waals surface area (Å²) in [6.45, 7) is 11.3. The molecule has 0 spiro atoms. The number of aromatic hydroxyl groups is 1. The number of phenols is 1. The number of benzene rings is 7. The average Bonchev–Trinajstić information content (AvgIpc) is 3.85. The Bertz CT molecular complexity index is 3220. The van der Waals surface area contributed by atoms with Crippen molar-refractivity contribution in [1.29, 1.82) is 0 Å². The van der Waals surface area contributed by atoms with Crippen molar-refractivity contribution in [2.24, 2.45) is 0 Å². The molecule has 0 unspecified atom stereocenters. The van der Waals surface area contributed by atoms with Gasteiger partial charge >= 0.3 is 0 Å². The number of pyridine rings is 1. The van der Waals surface area contributed by atoms with Crippen LogP contribution in [0.25, 0.3) is 83.6 Å². The molecule has 60 heavy (non-hydrogen) atoms. The highest BCUT2D eigenvalue weighted by atomic mass is 16.3. The molecule has 0 fully saturated rings. The Balaban J connectivity index is 1.28. The first-order valence-electron chi connectivity index (χ1n) is 20.5. The maximum Gasteiger partial charge on any atom is 0.149 e. The van der Waals surface area contributed by atoms with Gasteiger partial charge in [0.25, 0.3) is 0 Å². The molecule has 0 saturated heterocycles. The molecule has 0 saturated carbocycles. The van der Waals surface area contributed by atoms with E-state index in [1.54, 1.807) is 6.07 Å². The van der Waals surface area contributed by atoms with Gasteiger partial charge in [-0.25, -0.2) is 4.98 Å². The summed E-state index contributed by atoms with van der Waals surface area (Å²) in [4.78, 5) is 10.6. The van der Waals surface area contributed by atoms with Crippen molar-refractivity contribution < 1.29 is 9.52 Å². The Kier molecular flexibility index (Phi) is 8.80. The first-order chi connectivity index (χ1) is 29.1. The summed E-state index contributed by atoms with van der Waals surface area (Å²) in [7, 11) is 0. The summed E-state index contributed by atoms with van der Waals surface area (Å²) in [6.07, 6.45) is 1.84. The number of hydrogen-bond donors (Lipinski definition) is 1. The fourth-order valence-corrected chi connectivity index (χ4v) is 8.66. The van der Waals surface area contributed by atoms with E-state index >= 15 is 0 Å². The van der Waals surface area contributed by atoms with Crippen LogP contribution in [0, 0.1) is 0 Å². The topological polar surface area (TPSA) is 64.1 Å². The molecule has 0 atom stereocenters. The van der Waals surface area contributed by atoms with Gasteiger partial charge < -0.3 is 9.52 Å². The molecule has 5 nitrogen and oxygen atoms in total. The van der Waals surface area contributed by atoms with Crippen molar-refractivity contribution in [3.63, 3.8) is 0 Å². The first-order valence-corrected chi connectivity index (χ1v) is 20.5. The van der Waals surface area contributed by atoms with Crippen LogP contribution in [0.1, 0.15) is 51.3 Å². The van der Waals surface area contributed by atoms with Gasteiger partial charge in [0, 0.05) is 33.7 Å². The summed E-state index contributed by atoms with van der Waals surface area (Å²) in [5, 5.41) is 13.5. The Hall–Kier alpha value is -7.24. The van der Waals surface area contributed by atoms with E-state index in [1.165, 1.54) is 11.1 Å². The van der Waals surface area contributed by atoms with Gasteiger partial charge in [-0.2, -0.15) is 0 Å². The summed E-state index contributed by atoms with van der Waals surface area (Å²) in [6, 6.07) is 58.8. The van der Waals surface area contributed by atoms with E-state index in [0.717, 1.165) is 77.7 Å². The zero-order valence-electron chi connectivity index (χ0n) is 34.4. The third-order valence-electron chi connectivity index (χ3n) is 12.0. The monoisotopic (exact) mass is 779 g/mol. The predicted octanol–water partition coefficient (Wildman–Crippen LogP) is 14.3. The molecule has 0 aliphatic carbocycles. The Morgan fingerprint density at radius 2 is 1.23 bits per heavy atom. The van der Waals surface area contributed by atoms with Crippen LogP contribution >= 0.6 is 0 Å². The van der Waals surface area contributed by atoms with Gasteiger partial charge in [0.2, 0.25) is 0 Å². The second kappa shape index (κ2) is 14.2. The van der Waals surface area contributed by atoms with E-state index in [2.05, 4.69) is 161 Å². The molecule has 0 aliphatic rings. The Morgan fingerprint density at radius 3 is 2.02 bits per heavy atom. The zero-order valence-corrected chi connectivity index (χ0v) is 34.4. The van der Waals surface area contributed by atoms with Crippen LogP contribution in [0.3, 0.4) is 0 Å². The van der Waals surface area contributed by atoms with Gasteiger partial charge in [0.1, 0.15) is 22.7 Å². The maximum atomic E-state index is 11.5. The van der Waals surface area contributed by atoms with Gasteiger partial charge in [0.05, 0.1) is 33.4 Å². The minimum Gasteiger partial charge on any atom is -0.507 e. The van der Waals surface area contributed by atoms with Gasteiger partial charge in [0.15, 0.2) is 0 Å². The van der Waals surface area contributed by atoms with Crippen LogP contribution in [0.2, 0.25) is 0 Å². The lowest BCUT2D eigenvalue weighted by Crippen LogP contribution is -2.19. The maximum absolute atomic E-state index is 11.5. The fraction of sp³-hybridized carbons (Fsp3) is 0.127. The number of nitrogens with zero attached hydrogens (tertiary/aromatic N) is 3. The molecule has 0 radical (unpaired) electrons. The van der Waals surface area contributed by atoms with Crippen molar-refractivity contribution >= 4 is 33.0 Å². The van der Waals surface area contributed by atoms with Crippen LogP contribution in [0.5, 0.6) is 5.75 Å². The number of fused-ring (bicyclic) bond motifs is 4. The second-order valence-electron chi connectivity index (χ2n) is 17.2. The fourth-order valence-electron chi connectivity index (χ4n) is 8.66. The van der Waals surface area contributed by atoms with E-state index in [4.69, 9.17) is 14.4 Å². The van der Waals surface area contributed by atoms with Crippen molar-refractivity contribution in [3.05, 3.63) is 193 Å². The van der Waals surface area contributed by atoms with E-state index in [9.17, 15) is 5.11 Å². The highest BCUT2D eigenvalue weighted by Crippen LogP contribution is 2.44. The summed E-state index contributed by atoms with van der Waals surface area (Å²) in [5.41, 5.74) is 14.2. The van der Waals surface area contributed by atoms with Crippen molar-refractivity contribution in [1.82, 2.24) is 14.5 Å². The van der Waals surface area contributed by atoms with Crippen molar-refractivity contribution in [2.75, 3.05) is 0 Å². The minimum absolute atomic E-state index is 0.0645. The standard InChI is InChI=1S/C55H45N3O2/c1-54(2,3)39-27-28-45(44(34-39)35-17-8-6-9-18-35)58-46-24-16-23-41(52(46)57-53(58)42-21-12-14-25-47(42)59)36-31-37(33-40(32-36)55(4,5)38-19-10-7-11-20-38)51-50-43-22-13-15-26-48(43)60-49(50)29-30-56-51/h6-34,59H,1-5H3. The number of para-hydroxylation sites is 3.